The van der Waals surface area contributed by atoms with Gasteiger partial charge in [0.05, 0.1) is 5.75 Å². The highest BCUT2D eigenvalue weighted by Gasteiger charge is 2.09. The first kappa shape index (κ1) is 16.5. The zero-order chi connectivity index (χ0) is 15.2. The summed E-state index contributed by atoms with van der Waals surface area (Å²) in [5, 5.41) is 3.34. The van der Waals surface area contributed by atoms with Gasteiger partial charge in [0.25, 0.3) is 0 Å². The van der Waals surface area contributed by atoms with Gasteiger partial charge in [0, 0.05) is 32.9 Å². The number of thioether (sulfide) groups is 1. The Labute approximate surface area is 139 Å². The Kier molecular flexibility index (Phi) is 6.21. The quantitative estimate of drug-likeness (QED) is 0.776. The minimum Gasteiger partial charge on any atom is -0.313 e. The highest BCUT2D eigenvalue weighted by molar-refractivity contribution is 9.10. The number of aryl methyl sites for hydroxylation is 2. The van der Waals surface area contributed by atoms with Crippen LogP contribution in [0.15, 0.2) is 33.6 Å². The van der Waals surface area contributed by atoms with Gasteiger partial charge in [-0.15, -0.1) is 11.8 Å². The first-order valence-corrected chi connectivity index (χ1v) is 8.80. The van der Waals surface area contributed by atoms with E-state index in [1.54, 1.807) is 11.8 Å². The van der Waals surface area contributed by atoms with E-state index < -0.39 is 0 Å². The molecule has 0 aliphatic carbocycles. The van der Waals surface area contributed by atoms with Crippen molar-refractivity contribution >= 4 is 27.7 Å². The standard InChI is InChI=1S/C16H20BrN3S/c1-4-18-9-13-11(2)19-16(20-12(13)3)10-21-15-8-6-5-7-14(15)17/h5-8,18H,4,9-10H2,1-3H3. The number of hydrogen-bond donors (Lipinski definition) is 1. The molecule has 0 fully saturated rings. The molecule has 0 radical (unpaired) electrons. The van der Waals surface area contributed by atoms with E-state index in [0.29, 0.717) is 0 Å². The molecule has 2 rings (SSSR count). The monoisotopic (exact) mass is 365 g/mol. The van der Waals surface area contributed by atoms with Crippen molar-refractivity contribution in [3.8, 4) is 0 Å². The second-order valence-electron chi connectivity index (χ2n) is 4.79. The van der Waals surface area contributed by atoms with Gasteiger partial charge < -0.3 is 5.32 Å². The van der Waals surface area contributed by atoms with E-state index in [2.05, 4.69) is 64.1 Å². The lowest BCUT2D eigenvalue weighted by Crippen LogP contribution is -2.16. The SMILES string of the molecule is CCNCc1c(C)nc(CSc2ccccc2Br)nc1C. The van der Waals surface area contributed by atoms with Gasteiger partial charge in [-0.05, 0) is 48.5 Å². The Morgan fingerprint density at radius 1 is 1.14 bits per heavy atom. The number of halogens is 1. The third-order valence-electron chi connectivity index (χ3n) is 3.21. The molecule has 1 aromatic carbocycles. The maximum Gasteiger partial charge on any atom is 0.139 e. The summed E-state index contributed by atoms with van der Waals surface area (Å²) < 4.78 is 1.12. The van der Waals surface area contributed by atoms with Crippen LogP contribution in [-0.2, 0) is 12.3 Å². The lowest BCUT2D eigenvalue weighted by Gasteiger charge is -2.11. The van der Waals surface area contributed by atoms with Crippen LogP contribution in [0.2, 0.25) is 0 Å². The van der Waals surface area contributed by atoms with Crippen molar-refractivity contribution < 1.29 is 0 Å². The lowest BCUT2D eigenvalue weighted by atomic mass is 10.1. The highest BCUT2D eigenvalue weighted by Crippen LogP contribution is 2.29. The smallest absolute Gasteiger partial charge is 0.139 e. The van der Waals surface area contributed by atoms with Gasteiger partial charge in [-0.3, -0.25) is 0 Å². The van der Waals surface area contributed by atoms with Gasteiger partial charge in [0.15, 0.2) is 0 Å². The number of aromatic nitrogens is 2. The minimum atomic E-state index is 0.784. The average molecular weight is 366 g/mol. The van der Waals surface area contributed by atoms with E-state index in [-0.39, 0.29) is 0 Å². The number of rotatable bonds is 6. The fourth-order valence-corrected chi connectivity index (χ4v) is 3.51. The predicted molar refractivity (Wildman–Crippen MR) is 92.6 cm³/mol. The number of hydrogen-bond acceptors (Lipinski definition) is 4. The van der Waals surface area contributed by atoms with E-state index in [1.165, 1.54) is 10.5 Å². The van der Waals surface area contributed by atoms with E-state index in [0.717, 1.165) is 40.5 Å². The van der Waals surface area contributed by atoms with Gasteiger partial charge >= 0.3 is 0 Å². The van der Waals surface area contributed by atoms with Gasteiger partial charge in [0.1, 0.15) is 5.82 Å². The van der Waals surface area contributed by atoms with Crippen molar-refractivity contribution in [2.45, 2.75) is 38.0 Å². The molecule has 5 heteroatoms. The normalized spacial score (nSPS) is 10.9. The Morgan fingerprint density at radius 2 is 1.81 bits per heavy atom. The summed E-state index contributed by atoms with van der Waals surface area (Å²) in [6.45, 7) is 8.03. The van der Waals surface area contributed by atoms with Crippen LogP contribution in [0.3, 0.4) is 0 Å². The van der Waals surface area contributed by atoms with Crippen molar-refractivity contribution in [3.05, 3.63) is 51.5 Å². The number of nitrogens with zero attached hydrogens (tertiary/aromatic N) is 2. The third kappa shape index (κ3) is 4.53. The highest BCUT2D eigenvalue weighted by atomic mass is 79.9. The minimum absolute atomic E-state index is 0.784. The van der Waals surface area contributed by atoms with E-state index in [1.807, 2.05) is 12.1 Å². The van der Waals surface area contributed by atoms with Crippen LogP contribution in [0.25, 0.3) is 0 Å². The molecule has 0 spiro atoms. The maximum absolute atomic E-state index is 4.64. The summed E-state index contributed by atoms with van der Waals surface area (Å²) in [6.07, 6.45) is 0. The van der Waals surface area contributed by atoms with Crippen LogP contribution in [0.5, 0.6) is 0 Å². The molecule has 0 aliphatic heterocycles. The molecule has 21 heavy (non-hydrogen) atoms. The zero-order valence-corrected chi connectivity index (χ0v) is 15.0. The Balaban J connectivity index is 2.09. The summed E-state index contributed by atoms with van der Waals surface area (Å²) >= 11 is 5.32. The van der Waals surface area contributed by atoms with Crippen LogP contribution >= 0.6 is 27.7 Å². The molecule has 1 heterocycles. The van der Waals surface area contributed by atoms with Gasteiger partial charge in [-0.1, -0.05) is 19.1 Å². The van der Waals surface area contributed by atoms with Crippen molar-refractivity contribution in [3.63, 3.8) is 0 Å². The summed E-state index contributed by atoms with van der Waals surface area (Å²) in [4.78, 5) is 10.5. The van der Waals surface area contributed by atoms with Crippen molar-refractivity contribution in [1.82, 2.24) is 15.3 Å². The molecular formula is C16H20BrN3S. The predicted octanol–water partition coefficient (Wildman–Crippen LogP) is 4.26. The molecule has 2 aromatic rings. The molecule has 3 nitrogen and oxygen atoms in total. The fraction of sp³-hybridized carbons (Fsp3) is 0.375. The Hall–Kier alpha value is -0.910. The molecule has 0 unspecified atom stereocenters. The topological polar surface area (TPSA) is 37.8 Å². The molecule has 0 bridgehead atoms. The van der Waals surface area contributed by atoms with Gasteiger partial charge in [-0.2, -0.15) is 0 Å². The maximum atomic E-state index is 4.64. The molecule has 0 atom stereocenters. The molecular weight excluding hydrogens is 346 g/mol. The molecule has 0 aliphatic rings. The molecule has 112 valence electrons. The zero-order valence-electron chi connectivity index (χ0n) is 12.6. The molecule has 0 saturated heterocycles. The number of benzene rings is 1. The molecule has 1 aromatic heterocycles. The van der Waals surface area contributed by atoms with Crippen molar-refractivity contribution in [1.29, 1.82) is 0 Å². The van der Waals surface area contributed by atoms with Crippen LogP contribution in [0, 0.1) is 13.8 Å². The summed E-state index contributed by atoms with van der Waals surface area (Å²) in [6, 6.07) is 8.23. The van der Waals surface area contributed by atoms with E-state index >= 15 is 0 Å². The van der Waals surface area contributed by atoms with Crippen LogP contribution in [0.4, 0.5) is 0 Å². The van der Waals surface area contributed by atoms with E-state index in [4.69, 9.17) is 0 Å². The van der Waals surface area contributed by atoms with Crippen molar-refractivity contribution in [2.75, 3.05) is 6.54 Å². The molecule has 1 N–H and O–H groups in total. The first-order chi connectivity index (χ1) is 10.1. The first-order valence-electron chi connectivity index (χ1n) is 7.02. The number of nitrogens with one attached hydrogen (secondary N) is 1. The summed E-state index contributed by atoms with van der Waals surface area (Å²) in [5.41, 5.74) is 3.36. The largest absolute Gasteiger partial charge is 0.313 e. The van der Waals surface area contributed by atoms with E-state index in [9.17, 15) is 0 Å². The third-order valence-corrected chi connectivity index (χ3v) is 5.24. The average Bonchev–Trinajstić information content (AvgIpc) is 2.46. The van der Waals surface area contributed by atoms with Crippen LogP contribution < -0.4 is 5.32 Å². The van der Waals surface area contributed by atoms with Crippen LogP contribution in [-0.4, -0.2) is 16.5 Å². The lowest BCUT2D eigenvalue weighted by molar-refractivity contribution is 0.707. The van der Waals surface area contributed by atoms with Gasteiger partial charge in [-0.25, -0.2) is 9.97 Å². The molecule has 0 saturated carbocycles. The second-order valence-corrected chi connectivity index (χ2v) is 6.66. The summed E-state index contributed by atoms with van der Waals surface area (Å²) in [7, 11) is 0. The van der Waals surface area contributed by atoms with Crippen molar-refractivity contribution in [2.24, 2.45) is 0 Å². The van der Waals surface area contributed by atoms with Crippen LogP contribution in [0.1, 0.15) is 29.7 Å². The van der Waals surface area contributed by atoms with Gasteiger partial charge in [0.2, 0.25) is 0 Å². The summed E-state index contributed by atoms with van der Waals surface area (Å²) in [5.74, 6) is 1.68. The Morgan fingerprint density at radius 3 is 2.43 bits per heavy atom. The fourth-order valence-electron chi connectivity index (χ4n) is 2.08. The second kappa shape index (κ2) is 7.92. The Bertz CT molecular complexity index is 593. The molecule has 0 amide bonds.